The Kier molecular flexibility index (Phi) is 4.27. The van der Waals surface area contributed by atoms with E-state index in [1.54, 1.807) is 16.9 Å². The van der Waals surface area contributed by atoms with E-state index < -0.39 is 11.6 Å². The Morgan fingerprint density at radius 2 is 2.11 bits per heavy atom. The molecule has 1 atom stereocenters. The molecule has 0 saturated heterocycles. The van der Waals surface area contributed by atoms with E-state index in [0.29, 0.717) is 12.1 Å². The van der Waals surface area contributed by atoms with Gasteiger partial charge < -0.3 is 5.32 Å². The average molecular weight is 265 g/mol. The molecule has 1 unspecified atom stereocenters. The lowest BCUT2D eigenvalue weighted by Crippen LogP contribution is -2.14. The predicted molar refractivity (Wildman–Crippen MR) is 69.8 cm³/mol. The van der Waals surface area contributed by atoms with E-state index in [4.69, 9.17) is 0 Å². The lowest BCUT2D eigenvalue weighted by molar-refractivity contribution is 0.505. The fraction of sp³-hybridized carbons (Fsp3) is 0.357. The molecule has 1 heterocycles. The Morgan fingerprint density at radius 3 is 2.74 bits per heavy atom. The monoisotopic (exact) mass is 265 g/mol. The SMILES string of the molecule is CCC(NC)c1cnn(Cc2ccc(F)c(F)c2)c1. The molecule has 0 aliphatic rings. The Hall–Kier alpha value is -1.75. The number of nitrogens with one attached hydrogen (secondary N) is 1. The minimum atomic E-state index is -0.828. The number of halogens is 2. The van der Waals surface area contributed by atoms with Crippen LogP contribution in [0, 0.1) is 11.6 Å². The molecule has 102 valence electrons. The van der Waals surface area contributed by atoms with Gasteiger partial charge in [0.25, 0.3) is 0 Å². The maximum Gasteiger partial charge on any atom is 0.159 e. The van der Waals surface area contributed by atoms with E-state index in [0.717, 1.165) is 18.1 Å². The smallest absolute Gasteiger partial charge is 0.159 e. The van der Waals surface area contributed by atoms with Crippen molar-refractivity contribution < 1.29 is 8.78 Å². The van der Waals surface area contributed by atoms with Crippen molar-refractivity contribution in [2.75, 3.05) is 7.05 Å². The van der Waals surface area contributed by atoms with Crippen LogP contribution >= 0.6 is 0 Å². The maximum atomic E-state index is 13.1. The Bertz CT molecular complexity index is 547. The Balaban J connectivity index is 2.13. The molecule has 0 saturated carbocycles. The third-order valence-corrected chi connectivity index (χ3v) is 3.14. The first-order chi connectivity index (χ1) is 9.13. The molecule has 0 spiro atoms. The third-order valence-electron chi connectivity index (χ3n) is 3.14. The zero-order valence-corrected chi connectivity index (χ0v) is 11.0. The molecule has 3 nitrogen and oxygen atoms in total. The molecule has 0 aliphatic carbocycles. The van der Waals surface area contributed by atoms with Crippen LogP contribution in [0.5, 0.6) is 0 Å². The lowest BCUT2D eigenvalue weighted by atomic mass is 10.1. The van der Waals surface area contributed by atoms with Gasteiger partial charge in [-0.3, -0.25) is 4.68 Å². The molecule has 1 aromatic carbocycles. The zero-order chi connectivity index (χ0) is 13.8. The summed E-state index contributed by atoms with van der Waals surface area (Å²) < 4.78 is 27.7. The predicted octanol–water partition coefficient (Wildman–Crippen LogP) is 2.88. The van der Waals surface area contributed by atoms with Gasteiger partial charge in [0.05, 0.1) is 12.7 Å². The quantitative estimate of drug-likeness (QED) is 0.901. The fourth-order valence-electron chi connectivity index (χ4n) is 2.08. The van der Waals surface area contributed by atoms with Crippen molar-refractivity contribution >= 4 is 0 Å². The van der Waals surface area contributed by atoms with Crippen LogP contribution < -0.4 is 5.32 Å². The number of nitrogens with zero attached hydrogens (tertiary/aromatic N) is 2. The molecule has 0 amide bonds. The summed E-state index contributed by atoms with van der Waals surface area (Å²) in [6.45, 7) is 2.52. The summed E-state index contributed by atoms with van der Waals surface area (Å²) in [6.07, 6.45) is 4.68. The molecule has 2 aromatic rings. The van der Waals surface area contributed by atoms with Gasteiger partial charge in [0.2, 0.25) is 0 Å². The van der Waals surface area contributed by atoms with Crippen LogP contribution in [0.3, 0.4) is 0 Å². The highest BCUT2D eigenvalue weighted by Crippen LogP contribution is 2.16. The summed E-state index contributed by atoms with van der Waals surface area (Å²) in [6, 6.07) is 4.16. The minimum Gasteiger partial charge on any atom is -0.313 e. The van der Waals surface area contributed by atoms with Crippen LogP contribution in [0.1, 0.15) is 30.5 Å². The first-order valence-electron chi connectivity index (χ1n) is 6.27. The molecule has 0 radical (unpaired) electrons. The van der Waals surface area contributed by atoms with Gasteiger partial charge in [0.15, 0.2) is 11.6 Å². The number of hydrogen-bond acceptors (Lipinski definition) is 2. The van der Waals surface area contributed by atoms with E-state index in [1.807, 2.05) is 13.2 Å². The summed E-state index contributed by atoms with van der Waals surface area (Å²) in [7, 11) is 1.90. The van der Waals surface area contributed by atoms with Gasteiger partial charge in [-0.25, -0.2) is 8.78 Å². The van der Waals surface area contributed by atoms with Crippen LogP contribution in [-0.4, -0.2) is 16.8 Å². The van der Waals surface area contributed by atoms with E-state index in [9.17, 15) is 8.78 Å². The fourth-order valence-corrected chi connectivity index (χ4v) is 2.08. The molecule has 1 N–H and O–H groups in total. The summed E-state index contributed by atoms with van der Waals surface area (Å²) >= 11 is 0. The Morgan fingerprint density at radius 1 is 1.32 bits per heavy atom. The van der Waals surface area contributed by atoms with Crippen LogP contribution in [0.15, 0.2) is 30.6 Å². The summed E-state index contributed by atoms with van der Waals surface area (Å²) in [5, 5.41) is 7.44. The van der Waals surface area contributed by atoms with Crippen LogP contribution in [0.2, 0.25) is 0 Å². The van der Waals surface area contributed by atoms with Gasteiger partial charge in [0.1, 0.15) is 0 Å². The molecule has 0 fully saturated rings. The number of benzene rings is 1. The van der Waals surface area contributed by atoms with Gasteiger partial charge in [-0.1, -0.05) is 13.0 Å². The number of rotatable bonds is 5. The first kappa shape index (κ1) is 13.7. The van der Waals surface area contributed by atoms with Crippen LogP contribution in [-0.2, 0) is 6.54 Å². The van der Waals surface area contributed by atoms with Crippen molar-refractivity contribution in [2.24, 2.45) is 0 Å². The van der Waals surface area contributed by atoms with E-state index in [-0.39, 0.29) is 6.04 Å². The second kappa shape index (κ2) is 5.93. The van der Waals surface area contributed by atoms with Gasteiger partial charge in [-0.2, -0.15) is 5.10 Å². The van der Waals surface area contributed by atoms with Gasteiger partial charge >= 0.3 is 0 Å². The molecule has 19 heavy (non-hydrogen) atoms. The normalized spacial score (nSPS) is 12.6. The van der Waals surface area contributed by atoms with Crippen LogP contribution in [0.4, 0.5) is 8.78 Å². The topological polar surface area (TPSA) is 29.9 Å². The first-order valence-corrected chi connectivity index (χ1v) is 6.27. The van der Waals surface area contributed by atoms with Crippen molar-refractivity contribution in [2.45, 2.75) is 25.9 Å². The molecule has 0 aliphatic heterocycles. The highest BCUT2D eigenvalue weighted by Gasteiger charge is 2.09. The maximum absolute atomic E-state index is 13.1. The van der Waals surface area contributed by atoms with E-state index in [2.05, 4.69) is 17.3 Å². The van der Waals surface area contributed by atoms with Crippen molar-refractivity contribution in [1.82, 2.24) is 15.1 Å². The van der Waals surface area contributed by atoms with Crippen molar-refractivity contribution in [3.8, 4) is 0 Å². The van der Waals surface area contributed by atoms with Crippen molar-refractivity contribution in [1.29, 1.82) is 0 Å². The van der Waals surface area contributed by atoms with Gasteiger partial charge in [-0.15, -0.1) is 0 Å². The second-order valence-corrected chi connectivity index (χ2v) is 4.47. The summed E-state index contributed by atoms with van der Waals surface area (Å²) in [5.41, 5.74) is 1.78. The second-order valence-electron chi connectivity index (χ2n) is 4.47. The van der Waals surface area contributed by atoms with Gasteiger partial charge in [0, 0.05) is 17.8 Å². The van der Waals surface area contributed by atoms with Gasteiger partial charge in [-0.05, 0) is 31.2 Å². The van der Waals surface area contributed by atoms with Crippen molar-refractivity contribution in [3.63, 3.8) is 0 Å². The highest BCUT2D eigenvalue weighted by molar-refractivity contribution is 5.19. The molecular weight excluding hydrogens is 248 g/mol. The molecular formula is C14H17F2N3. The molecule has 2 rings (SSSR count). The van der Waals surface area contributed by atoms with E-state index >= 15 is 0 Å². The number of hydrogen-bond donors (Lipinski definition) is 1. The third kappa shape index (κ3) is 3.17. The number of aromatic nitrogens is 2. The largest absolute Gasteiger partial charge is 0.313 e. The molecule has 5 heteroatoms. The minimum absolute atomic E-state index is 0.263. The summed E-state index contributed by atoms with van der Waals surface area (Å²) in [4.78, 5) is 0. The highest BCUT2D eigenvalue weighted by atomic mass is 19.2. The average Bonchev–Trinajstić information content (AvgIpc) is 2.84. The lowest BCUT2D eigenvalue weighted by Gasteiger charge is -2.10. The standard InChI is InChI=1S/C14H17F2N3/c1-3-14(17-2)11-7-18-19(9-11)8-10-4-5-12(15)13(16)6-10/h4-7,9,14,17H,3,8H2,1-2H3. The van der Waals surface area contributed by atoms with E-state index in [1.165, 1.54) is 6.07 Å². The summed E-state index contributed by atoms with van der Waals surface area (Å²) in [5.74, 6) is -1.65. The Labute approximate surface area is 111 Å². The zero-order valence-electron chi connectivity index (χ0n) is 11.0. The molecule has 1 aromatic heterocycles. The van der Waals surface area contributed by atoms with Crippen molar-refractivity contribution in [3.05, 3.63) is 53.4 Å². The molecule has 0 bridgehead atoms. The van der Waals surface area contributed by atoms with Crippen LogP contribution in [0.25, 0.3) is 0 Å².